The summed E-state index contributed by atoms with van der Waals surface area (Å²) in [4.78, 5) is 14.8. The molecule has 0 radical (unpaired) electrons. The molecule has 0 fully saturated rings. The van der Waals surface area contributed by atoms with E-state index in [2.05, 4.69) is 14.4 Å². The number of rotatable bonds is 5. The molecule has 2 rings (SSSR count). The first-order valence-corrected chi connectivity index (χ1v) is 6.08. The molecule has 0 spiro atoms. The van der Waals surface area contributed by atoms with Crippen LogP contribution < -0.4 is 0 Å². The summed E-state index contributed by atoms with van der Waals surface area (Å²) in [5.41, 5.74) is 4.03. The Labute approximate surface area is 102 Å². The lowest BCUT2D eigenvalue weighted by atomic mass is 10.1. The molecule has 4 nitrogen and oxygen atoms in total. The Hall–Kier alpha value is -1.25. The summed E-state index contributed by atoms with van der Waals surface area (Å²) in [5, 5.41) is 9.12. The molecule has 0 saturated carbocycles. The Kier molecular flexibility index (Phi) is 3.87. The predicted molar refractivity (Wildman–Crippen MR) is 70.0 cm³/mol. The lowest BCUT2D eigenvalue weighted by Crippen LogP contribution is -1.99. The zero-order valence-corrected chi connectivity index (χ0v) is 10.6. The van der Waals surface area contributed by atoms with Crippen LogP contribution in [0.5, 0.6) is 0 Å². The summed E-state index contributed by atoms with van der Waals surface area (Å²) in [6.07, 6.45) is 4.40. The molecule has 1 N–H and O–H groups in total. The van der Waals surface area contributed by atoms with Crippen molar-refractivity contribution in [2.75, 3.05) is 6.61 Å². The summed E-state index contributed by atoms with van der Waals surface area (Å²) >= 11 is 0. The molecule has 5 heteroatoms. The van der Waals surface area contributed by atoms with Gasteiger partial charge in [-0.3, -0.25) is 4.98 Å². The minimum absolute atomic E-state index is 0.0917. The normalized spacial score (nSPS) is 10.9. The maximum absolute atomic E-state index is 10.5. The number of aromatic nitrogens is 2. The van der Waals surface area contributed by atoms with Crippen LogP contribution in [0, 0.1) is 0 Å². The number of carbonyl (C=O) groups is 1. The van der Waals surface area contributed by atoms with E-state index in [0.29, 0.717) is 19.3 Å². The highest BCUT2D eigenvalue weighted by molar-refractivity contribution is 7.15. The molecule has 0 bridgehead atoms. The number of aldehydes is 1. The first-order chi connectivity index (χ1) is 8.29. The van der Waals surface area contributed by atoms with Crippen molar-refractivity contribution < 1.29 is 9.90 Å². The number of fused-ring (bicyclic) bond motifs is 1. The summed E-state index contributed by atoms with van der Waals surface area (Å²) in [6.45, 7) is 0.0917. The molecule has 2 aromatic heterocycles. The number of aliphatic hydroxyl groups excluding tert-OH is 1. The van der Waals surface area contributed by atoms with Gasteiger partial charge >= 0.3 is 0 Å². The van der Waals surface area contributed by atoms with Crippen LogP contribution in [0.15, 0.2) is 18.3 Å². The van der Waals surface area contributed by atoms with Gasteiger partial charge in [0.15, 0.2) is 0 Å². The van der Waals surface area contributed by atoms with E-state index in [1.807, 2.05) is 16.5 Å². The molecule has 0 aliphatic rings. The Morgan fingerprint density at radius 2 is 2.29 bits per heavy atom. The van der Waals surface area contributed by atoms with E-state index in [1.54, 1.807) is 6.20 Å². The van der Waals surface area contributed by atoms with Gasteiger partial charge in [0.25, 0.3) is 0 Å². The molecule has 0 amide bonds. The van der Waals surface area contributed by atoms with Crippen molar-refractivity contribution in [3.05, 3.63) is 29.6 Å². The van der Waals surface area contributed by atoms with Crippen molar-refractivity contribution in [1.29, 1.82) is 0 Å². The SMILES string of the molecule is O=CCCc1c(CCO)c2ncccc2n1P. The number of aliphatic hydroxyl groups is 1. The third kappa shape index (κ3) is 2.24. The second-order valence-corrected chi connectivity index (χ2v) is 4.36. The second kappa shape index (κ2) is 5.39. The van der Waals surface area contributed by atoms with E-state index < -0.39 is 0 Å². The maximum Gasteiger partial charge on any atom is 0.120 e. The number of hydrogen-bond acceptors (Lipinski definition) is 3. The first kappa shape index (κ1) is 12.2. The Bertz CT molecular complexity index is 537. The molecule has 0 aromatic carbocycles. The molecule has 0 aliphatic carbocycles. The minimum Gasteiger partial charge on any atom is -0.396 e. The Balaban J connectivity index is 2.57. The highest BCUT2D eigenvalue weighted by Crippen LogP contribution is 2.27. The van der Waals surface area contributed by atoms with Crippen LogP contribution in [0.2, 0.25) is 0 Å². The third-order valence-corrected chi connectivity index (χ3v) is 3.42. The van der Waals surface area contributed by atoms with Gasteiger partial charge in [-0.2, -0.15) is 0 Å². The van der Waals surface area contributed by atoms with Crippen LogP contribution in [0.4, 0.5) is 0 Å². The molecule has 17 heavy (non-hydrogen) atoms. The van der Waals surface area contributed by atoms with Gasteiger partial charge in [-0.15, -0.1) is 0 Å². The van der Waals surface area contributed by atoms with Gasteiger partial charge in [0.05, 0.1) is 11.0 Å². The van der Waals surface area contributed by atoms with Gasteiger partial charge in [0.1, 0.15) is 6.29 Å². The van der Waals surface area contributed by atoms with Crippen LogP contribution in [0.3, 0.4) is 0 Å². The number of hydrogen-bond donors (Lipinski definition) is 1. The van der Waals surface area contributed by atoms with Gasteiger partial charge in [-0.05, 0) is 34.4 Å². The fourth-order valence-electron chi connectivity index (χ4n) is 2.09. The summed E-state index contributed by atoms with van der Waals surface area (Å²) in [5.74, 6) is 0. The van der Waals surface area contributed by atoms with E-state index in [9.17, 15) is 4.79 Å². The van der Waals surface area contributed by atoms with Crippen molar-refractivity contribution in [2.45, 2.75) is 19.3 Å². The quantitative estimate of drug-likeness (QED) is 0.643. The van der Waals surface area contributed by atoms with Crippen molar-refractivity contribution in [2.24, 2.45) is 0 Å². The predicted octanol–water partition coefficient (Wildman–Crippen LogP) is 1.34. The standard InChI is InChI=1S/C12H15N2O2P/c15-7-2-4-10-9(5-8-16)12-11(14(10)17)3-1-6-13-12/h1,3,6-7,16H,2,4-5,8,17H2. The van der Waals surface area contributed by atoms with E-state index in [-0.39, 0.29) is 6.61 Å². The van der Waals surface area contributed by atoms with E-state index in [0.717, 1.165) is 28.6 Å². The highest BCUT2D eigenvalue weighted by atomic mass is 31.0. The summed E-state index contributed by atoms with van der Waals surface area (Å²) < 4.78 is 1.98. The molecular weight excluding hydrogens is 235 g/mol. The van der Waals surface area contributed by atoms with Gasteiger partial charge in [0, 0.05) is 30.5 Å². The van der Waals surface area contributed by atoms with Gasteiger partial charge < -0.3 is 14.2 Å². The first-order valence-electron chi connectivity index (χ1n) is 5.56. The van der Waals surface area contributed by atoms with Crippen LogP contribution in [0.1, 0.15) is 17.7 Å². The fourth-order valence-corrected chi connectivity index (χ4v) is 2.59. The maximum atomic E-state index is 10.5. The van der Waals surface area contributed by atoms with Crippen LogP contribution >= 0.6 is 9.39 Å². The van der Waals surface area contributed by atoms with Crippen molar-refractivity contribution in [3.63, 3.8) is 0 Å². The number of nitrogens with zero attached hydrogens (tertiary/aromatic N) is 2. The highest BCUT2D eigenvalue weighted by Gasteiger charge is 2.14. The smallest absolute Gasteiger partial charge is 0.120 e. The van der Waals surface area contributed by atoms with E-state index in [4.69, 9.17) is 5.11 Å². The van der Waals surface area contributed by atoms with Crippen LogP contribution in [0.25, 0.3) is 11.0 Å². The lowest BCUT2D eigenvalue weighted by Gasteiger charge is -2.04. The monoisotopic (exact) mass is 250 g/mol. The van der Waals surface area contributed by atoms with Gasteiger partial charge in [-0.1, -0.05) is 0 Å². The summed E-state index contributed by atoms with van der Waals surface area (Å²) in [6, 6.07) is 3.87. The van der Waals surface area contributed by atoms with Crippen molar-refractivity contribution in [1.82, 2.24) is 9.32 Å². The molecular formula is C12H15N2O2P. The molecule has 90 valence electrons. The number of carbonyl (C=O) groups excluding carboxylic acids is 1. The molecule has 2 heterocycles. The van der Waals surface area contributed by atoms with E-state index >= 15 is 0 Å². The van der Waals surface area contributed by atoms with Crippen LogP contribution in [-0.2, 0) is 17.6 Å². The van der Waals surface area contributed by atoms with Crippen LogP contribution in [-0.4, -0.2) is 27.3 Å². The molecule has 1 unspecified atom stereocenters. The molecule has 0 saturated heterocycles. The largest absolute Gasteiger partial charge is 0.396 e. The van der Waals surface area contributed by atoms with Gasteiger partial charge in [-0.25, -0.2) is 0 Å². The minimum atomic E-state index is 0.0917. The fraction of sp³-hybridized carbons (Fsp3) is 0.333. The van der Waals surface area contributed by atoms with Gasteiger partial charge in [0.2, 0.25) is 0 Å². The zero-order valence-electron chi connectivity index (χ0n) is 9.47. The molecule has 2 aromatic rings. The van der Waals surface area contributed by atoms with Crippen molar-refractivity contribution >= 4 is 26.7 Å². The average Bonchev–Trinajstić information content (AvgIpc) is 2.62. The number of pyridine rings is 1. The van der Waals surface area contributed by atoms with Crippen molar-refractivity contribution in [3.8, 4) is 0 Å². The molecule has 0 aliphatic heterocycles. The zero-order chi connectivity index (χ0) is 12.3. The lowest BCUT2D eigenvalue weighted by molar-refractivity contribution is -0.107. The summed E-state index contributed by atoms with van der Waals surface area (Å²) in [7, 11) is 2.65. The van der Waals surface area contributed by atoms with E-state index in [1.165, 1.54) is 0 Å². The third-order valence-electron chi connectivity index (χ3n) is 2.83. The second-order valence-electron chi connectivity index (χ2n) is 3.85. The molecule has 1 atom stereocenters. The topological polar surface area (TPSA) is 55.1 Å². The average molecular weight is 250 g/mol. The Morgan fingerprint density at radius 1 is 1.47 bits per heavy atom. The Morgan fingerprint density at radius 3 is 3.00 bits per heavy atom.